The van der Waals surface area contributed by atoms with Gasteiger partial charge in [0.15, 0.2) is 0 Å². The lowest BCUT2D eigenvalue weighted by atomic mass is 10.1. The van der Waals surface area contributed by atoms with Crippen LogP contribution < -0.4 is 10.6 Å². The number of benzene rings is 1. The van der Waals surface area contributed by atoms with Crippen molar-refractivity contribution in [3.05, 3.63) is 54.0 Å². The predicted molar refractivity (Wildman–Crippen MR) is 111 cm³/mol. The molecule has 166 valence electrons. The van der Waals surface area contributed by atoms with Crippen LogP contribution in [0.1, 0.15) is 35.8 Å². The van der Waals surface area contributed by atoms with Crippen LogP contribution in [0.3, 0.4) is 0 Å². The van der Waals surface area contributed by atoms with Gasteiger partial charge < -0.3 is 10.6 Å². The van der Waals surface area contributed by atoms with E-state index >= 15 is 0 Å². The van der Waals surface area contributed by atoms with Gasteiger partial charge in [0.05, 0.1) is 23.6 Å². The van der Waals surface area contributed by atoms with E-state index in [0.29, 0.717) is 16.9 Å². The number of nitrogens with one attached hydrogen (secondary N) is 2. The third-order valence-electron chi connectivity index (χ3n) is 4.66. The molecule has 1 amide bonds. The highest BCUT2D eigenvalue weighted by atomic mass is 19.4. The molecule has 0 aliphatic carbocycles. The van der Waals surface area contributed by atoms with Gasteiger partial charge in [-0.15, -0.1) is 0 Å². The highest BCUT2D eigenvalue weighted by molar-refractivity contribution is 5.95. The Hall–Kier alpha value is -3.94. The van der Waals surface area contributed by atoms with Crippen molar-refractivity contribution in [3.63, 3.8) is 0 Å². The minimum Gasteiger partial charge on any atom is -0.337 e. The Kier molecular flexibility index (Phi) is 6.43. The molecule has 0 radical (unpaired) electrons. The Balaban J connectivity index is 1.79. The zero-order valence-corrected chi connectivity index (χ0v) is 17.5. The molecule has 3 rings (SSSR count). The van der Waals surface area contributed by atoms with E-state index in [1.165, 1.54) is 12.4 Å². The van der Waals surface area contributed by atoms with E-state index in [4.69, 9.17) is 5.26 Å². The van der Waals surface area contributed by atoms with Crippen LogP contribution in [0.15, 0.2) is 42.9 Å². The zero-order valence-electron chi connectivity index (χ0n) is 17.5. The molecular weight excluding hydrogens is 423 g/mol. The van der Waals surface area contributed by atoms with Crippen molar-refractivity contribution in [1.29, 1.82) is 5.26 Å². The molecule has 0 aliphatic heterocycles. The second-order valence-electron chi connectivity index (χ2n) is 7.18. The number of anilines is 2. The average molecular weight is 443 g/mol. The first-order chi connectivity index (χ1) is 15.1. The molecular formula is C21H20F3N7O. The van der Waals surface area contributed by atoms with Gasteiger partial charge in [0.25, 0.3) is 5.91 Å². The molecule has 2 aromatic heterocycles. The van der Waals surface area contributed by atoms with Gasteiger partial charge in [-0.05, 0) is 38.5 Å². The Morgan fingerprint density at radius 3 is 2.50 bits per heavy atom. The molecule has 0 bridgehead atoms. The number of halogens is 3. The van der Waals surface area contributed by atoms with E-state index in [1.54, 1.807) is 37.4 Å². The summed E-state index contributed by atoms with van der Waals surface area (Å²) in [5.74, 6) is -0.174. The molecule has 2 atom stereocenters. The number of carbonyl (C=O) groups excluding carboxylic acids is 1. The first-order valence-corrected chi connectivity index (χ1v) is 9.61. The summed E-state index contributed by atoms with van der Waals surface area (Å²) in [4.78, 5) is 20.7. The van der Waals surface area contributed by atoms with E-state index in [0.717, 1.165) is 22.7 Å². The Labute approximate surface area is 182 Å². The maximum absolute atomic E-state index is 12.9. The number of nitriles is 1. The van der Waals surface area contributed by atoms with Crippen LogP contribution in [0, 0.1) is 18.3 Å². The van der Waals surface area contributed by atoms with E-state index in [-0.39, 0.29) is 11.9 Å². The van der Waals surface area contributed by atoms with E-state index in [2.05, 4.69) is 25.7 Å². The Bertz CT molecular complexity index is 1150. The van der Waals surface area contributed by atoms with Crippen LogP contribution in [0.2, 0.25) is 0 Å². The minimum atomic E-state index is -4.41. The number of nitrogens with zero attached hydrogens (tertiary/aromatic N) is 5. The number of amides is 1. The number of rotatable bonds is 6. The van der Waals surface area contributed by atoms with Crippen LogP contribution >= 0.6 is 0 Å². The lowest BCUT2D eigenvalue weighted by Gasteiger charge is -2.15. The van der Waals surface area contributed by atoms with Gasteiger partial charge in [0.2, 0.25) is 5.95 Å². The summed E-state index contributed by atoms with van der Waals surface area (Å²) in [6, 6.07) is 6.23. The summed E-state index contributed by atoms with van der Waals surface area (Å²) in [5, 5.41) is 18.0. The fourth-order valence-electron chi connectivity index (χ4n) is 2.78. The number of hydrogen-bond donors (Lipinski definition) is 2. The number of hydrogen-bond acceptors (Lipinski definition) is 6. The van der Waals surface area contributed by atoms with Gasteiger partial charge in [-0.3, -0.25) is 9.48 Å². The highest BCUT2D eigenvalue weighted by Crippen LogP contribution is 2.30. The van der Waals surface area contributed by atoms with Crippen molar-refractivity contribution in [2.75, 3.05) is 5.32 Å². The number of aromatic nitrogens is 4. The van der Waals surface area contributed by atoms with Crippen molar-refractivity contribution < 1.29 is 18.0 Å². The smallest absolute Gasteiger partial charge is 0.337 e. The van der Waals surface area contributed by atoms with Gasteiger partial charge in [-0.1, -0.05) is 12.1 Å². The number of carbonyl (C=O) groups is 1. The fraction of sp³-hybridized carbons (Fsp3) is 0.286. The largest absolute Gasteiger partial charge is 0.410 e. The summed E-state index contributed by atoms with van der Waals surface area (Å²) < 4.78 is 39.4. The molecule has 3 aromatic rings. The molecule has 2 heterocycles. The van der Waals surface area contributed by atoms with Crippen LogP contribution in [-0.4, -0.2) is 37.9 Å². The van der Waals surface area contributed by atoms with Gasteiger partial charge in [-0.2, -0.15) is 23.5 Å². The molecule has 1 aromatic carbocycles. The topological polar surface area (TPSA) is 109 Å². The average Bonchev–Trinajstić information content (AvgIpc) is 3.22. The molecule has 0 saturated heterocycles. The fourth-order valence-corrected chi connectivity index (χ4v) is 2.78. The van der Waals surface area contributed by atoms with E-state index in [9.17, 15) is 18.0 Å². The normalized spacial score (nSPS) is 13.2. The van der Waals surface area contributed by atoms with Crippen molar-refractivity contribution in [2.24, 2.45) is 0 Å². The first kappa shape index (κ1) is 22.7. The van der Waals surface area contributed by atoms with Crippen molar-refractivity contribution in [1.82, 2.24) is 25.1 Å². The molecule has 2 N–H and O–H groups in total. The second kappa shape index (κ2) is 9.05. The van der Waals surface area contributed by atoms with Gasteiger partial charge >= 0.3 is 6.18 Å². The monoisotopic (exact) mass is 443 g/mol. The lowest BCUT2D eigenvalue weighted by Crippen LogP contribution is -2.31. The van der Waals surface area contributed by atoms with Crippen LogP contribution in [0.5, 0.6) is 0 Å². The Morgan fingerprint density at radius 1 is 1.19 bits per heavy atom. The molecule has 0 spiro atoms. The minimum absolute atomic E-state index is 0.189. The van der Waals surface area contributed by atoms with Crippen molar-refractivity contribution >= 4 is 17.5 Å². The SMILES string of the molecule is Cc1cnc(Nc2cnn([C@H](C)C(F)(F)F)c2)nc1-c1ccc(C(=O)N[C@@H](C)C#N)cc1. The van der Waals surface area contributed by atoms with E-state index < -0.39 is 18.3 Å². The molecule has 0 saturated carbocycles. The standard InChI is InChI=1S/C21H20F3N7O/c1-12-9-26-20(29-17-10-27-31(11-17)14(3)21(22,23)24)30-18(12)15-4-6-16(7-5-15)19(32)28-13(2)8-25/h4-7,9-11,13-14H,1-3H3,(H,28,32)(H,26,29,30)/t13-,14+/m0/s1. The summed E-state index contributed by atoms with van der Waals surface area (Å²) in [6.45, 7) is 4.41. The quantitative estimate of drug-likeness (QED) is 0.592. The summed E-state index contributed by atoms with van der Waals surface area (Å²) in [5.41, 5.74) is 2.80. The van der Waals surface area contributed by atoms with E-state index in [1.807, 2.05) is 13.0 Å². The van der Waals surface area contributed by atoms with Gasteiger partial charge in [0.1, 0.15) is 12.1 Å². The maximum Gasteiger partial charge on any atom is 0.410 e. The van der Waals surface area contributed by atoms with Crippen LogP contribution in [0.4, 0.5) is 24.8 Å². The molecule has 8 nitrogen and oxygen atoms in total. The summed E-state index contributed by atoms with van der Waals surface area (Å²) in [6.07, 6.45) is -0.327. The number of aryl methyl sites for hydroxylation is 1. The second-order valence-corrected chi connectivity index (χ2v) is 7.18. The molecule has 32 heavy (non-hydrogen) atoms. The van der Waals surface area contributed by atoms with Gasteiger partial charge in [-0.25, -0.2) is 9.97 Å². The third-order valence-corrected chi connectivity index (χ3v) is 4.66. The van der Waals surface area contributed by atoms with Gasteiger partial charge in [0, 0.05) is 23.5 Å². The zero-order chi connectivity index (χ0) is 23.5. The van der Waals surface area contributed by atoms with Crippen LogP contribution in [-0.2, 0) is 0 Å². The third kappa shape index (κ3) is 5.21. The lowest BCUT2D eigenvalue weighted by molar-refractivity contribution is -0.165. The van der Waals surface area contributed by atoms with Crippen molar-refractivity contribution in [3.8, 4) is 17.3 Å². The highest BCUT2D eigenvalue weighted by Gasteiger charge is 2.37. The first-order valence-electron chi connectivity index (χ1n) is 9.61. The molecule has 0 fully saturated rings. The summed E-state index contributed by atoms with van der Waals surface area (Å²) in [7, 11) is 0. The molecule has 0 aliphatic rings. The van der Waals surface area contributed by atoms with Crippen molar-refractivity contribution in [2.45, 2.75) is 39.0 Å². The number of alkyl halides is 3. The predicted octanol–water partition coefficient (Wildman–Crippen LogP) is 4.16. The maximum atomic E-state index is 12.9. The molecule has 0 unspecified atom stereocenters. The molecule has 11 heteroatoms. The Morgan fingerprint density at radius 2 is 1.88 bits per heavy atom. The summed E-state index contributed by atoms with van der Waals surface area (Å²) >= 11 is 0. The van der Waals surface area contributed by atoms with Crippen LogP contribution in [0.25, 0.3) is 11.3 Å².